The summed E-state index contributed by atoms with van der Waals surface area (Å²) in [5.74, 6) is -6.19. The molecule has 1 aromatic carbocycles. The molecule has 0 saturated carbocycles. The van der Waals surface area contributed by atoms with Gasteiger partial charge in [-0.2, -0.15) is 5.06 Å². The topological polar surface area (TPSA) is 243 Å². The summed E-state index contributed by atoms with van der Waals surface area (Å²) in [5.41, 5.74) is 0.376. The van der Waals surface area contributed by atoms with E-state index < -0.39 is 60.1 Å². The van der Waals surface area contributed by atoms with E-state index in [1.165, 1.54) is 30.3 Å². The molecule has 0 radical (unpaired) electrons. The summed E-state index contributed by atoms with van der Waals surface area (Å²) < 4.78 is 11.3. The minimum atomic E-state index is -1.66. The highest BCUT2D eigenvalue weighted by Gasteiger charge is 2.35. The van der Waals surface area contributed by atoms with Gasteiger partial charge in [-0.1, -0.05) is 39.2 Å². The third-order valence-electron chi connectivity index (χ3n) is 8.77. The molecule has 53 heavy (non-hydrogen) atoms. The Labute approximate surface area is 307 Å². The summed E-state index contributed by atoms with van der Waals surface area (Å²) >= 11 is 0. The second kappa shape index (κ2) is 21.2. The molecule has 17 heteroatoms. The second-order valence-corrected chi connectivity index (χ2v) is 12.5. The lowest BCUT2D eigenvalue weighted by atomic mass is 9.90. The van der Waals surface area contributed by atoms with Gasteiger partial charge in [-0.05, 0) is 70.0 Å². The molecule has 0 aliphatic carbocycles. The summed E-state index contributed by atoms with van der Waals surface area (Å²) in [6.45, 7) is 6.72. The molecule has 17 nitrogen and oxygen atoms in total. The minimum absolute atomic E-state index is 0.0398. The molecule has 1 aromatic heterocycles. The summed E-state index contributed by atoms with van der Waals surface area (Å²) in [5, 5.41) is 29.9. The van der Waals surface area contributed by atoms with Crippen LogP contribution in [0.3, 0.4) is 0 Å². The highest BCUT2D eigenvalue weighted by molar-refractivity contribution is 6.00. The quantitative estimate of drug-likeness (QED) is 0.0440. The van der Waals surface area contributed by atoms with Crippen LogP contribution in [0.25, 0.3) is 11.3 Å². The summed E-state index contributed by atoms with van der Waals surface area (Å²) in [4.78, 5) is 92.2. The van der Waals surface area contributed by atoms with Crippen molar-refractivity contribution in [1.82, 2.24) is 26.3 Å². The third kappa shape index (κ3) is 12.3. The van der Waals surface area contributed by atoms with Gasteiger partial charge in [0.2, 0.25) is 12.3 Å². The number of hydrogen-bond acceptors (Lipinski definition) is 11. The molecule has 1 fully saturated rings. The van der Waals surface area contributed by atoms with E-state index in [0.717, 1.165) is 17.9 Å². The molecular weight excluding hydrogens is 694 g/mol. The Kier molecular flexibility index (Phi) is 16.8. The van der Waals surface area contributed by atoms with Gasteiger partial charge in [0.1, 0.15) is 17.6 Å². The molecule has 3 atom stereocenters. The fourth-order valence-corrected chi connectivity index (χ4v) is 5.95. The van der Waals surface area contributed by atoms with Crippen molar-refractivity contribution in [1.29, 1.82) is 0 Å². The maximum Gasteiger partial charge on any atom is 0.335 e. The average molecular weight is 744 g/mol. The fraction of sp³-hybridized carbons (Fsp3) is 0.528. The molecule has 3 rings (SSSR count). The lowest BCUT2D eigenvalue weighted by molar-refractivity contribution is -0.208. The Bertz CT molecular complexity index is 1590. The van der Waals surface area contributed by atoms with Gasteiger partial charge in [0.25, 0.3) is 11.8 Å². The van der Waals surface area contributed by atoms with Crippen molar-refractivity contribution in [2.45, 2.75) is 84.2 Å². The van der Waals surface area contributed by atoms with Crippen LogP contribution in [-0.4, -0.2) is 95.8 Å². The number of unbranched alkanes of at least 4 members (excludes halogenated alkanes) is 2. The van der Waals surface area contributed by atoms with E-state index in [0.29, 0.717) is 57.2 Å². The number of carbonyl (C=O) groups excluding carboxylic acids is 5. The Morgan fingerprint density at radius 2 is 1.74 bits per heavy atom. The van der Waals surface area contributed by atoms with Crippen LogP contribution in [0.2, 0.25) is 0 Å². The molecule has 1 aliphatic rings. The van der Waals surface area contributed by atoms with Gasteiger partial charge < -0.3 is 45.5 Å². The van der Waals surface area contributed by atoms with E-state index in [1.54, 1.807) is 13.8 Å². The SMILES string of the molecule is CCCCC[C@@H](C(=O)NCNC(=O)c1ccc(-c2ccc(C(=O)N[C@@H](CC(=O)O)C(=O)O)c(OCC)c2)o1)[C@@H](CC)N(C=O)OC(=O)C1CCNCC1. The number of rotatable bonds is 22. The minimum Gasteiger partial charge on any atom is -0.493 e. The van der Waals surface area contributed by atoms with Crippen LogP contribution in [0.15, 0.2) is 34.7 Å². The van der Waals surface area contributed by atoms with E-state index in [1.807, 2.05) is 6.92 Å². The highest BCUT2D eigenvalue weighted by Crippen LogP contribution is 2.29. The standard InChI is InChI=1S/C36H49N5O12/c1-4-7-8-9-24(27(5-2)41(21-42)53-36(50)22-14-16-37-17-15-22)32(45)38-20-39-34(47)29-13-12-28(52-29)23-10-11-25(30(18-23)51-6-3)33(46)40-26(35(48)49)19-31(43)44/h10-13,18,21-22,24,26-27,37H,4-9,14-17,19-20H2,1-3H3,(H,38,45)(H,39,47)(H,40,46)(H,43,44)(H,48,49)/t24-,26+,27-/m1/s1. The highest BCUT2D eigenvalue weighted by atomic mass is 16.7. The molecule has 2 heterocycles. The maximum atomic E-state index is 13.5. The van der Waals surface area contributed by atoms with Crippen LogP contribution in [0.4, 0.5) is 0 Å². The number of benzene rings is 1. The number of nitrogens with zero attached hydrogens (tertiary/aromatic N) is 1. The number of ether oxygens (including phenoxy) is 1. The third-order valence-corrected chi connectivity index (χ3v) is 8.77. The van der Waals surface area contributed by atoms with Gasteiger partial charge in [-0.15, -0.1) is 0 Å². The Morgan fingerprint density at radius 1 is 1.00 bits per heavy atom. The first-order chi connectivity index (χ1) is 25.4. The van der Waals surface area contributed by atoms with Crippen LogP contribution >= 0.6 is 0 Å². The molecule has 6 N–H and O–H groups in total. The van der Waals surface area contributed by atoms with Gasteiger partial charge >= 0.3 is 17.9 Å². The number of nitrogens with one attached hydrogen (secondary N) is 4. The number of carbonyl (C=O) groups is 7. The first-order valence-corrected chi connectivity index (χ1v) is 17.8. The van der Waals surface area contributed by atoms with E-state index in [4.69, 9.17) is 19.1 Å². The normalized spacial score (nSPS) is 14.5. The van der Waals surface area contributed by atoms with Crippen molar-refractivity contribution in [3.8, 4) is 17.1 Å². The van der Waals surface area contributed by atoms with Crippen molar-refractivity contribution in [3.05, 3.63) is 41.7 Å². The number of piperidine rings is 1. The van der Waals surface area contributed by atoms with Gasteiger partial charge in [-0.3, -0.25) is 24.0 Å². The Balaban J connectivity index is 1.67. The van der Waals surface area contributed by atoms with Crippen LogP contribution in [0.1, 0.15) is 93.1 Å². The number of carboxylic acid groups (broad SMARTS) is 2. The Morgan fingerprint density at radius 3 is 2.36 bits per heavy atom. The molecule has 0 bridgehead atoms. The summed E-state index contributed by atoms with van der Waals surface area (Å²) in [7, 11) is 0. The number of hydrogen-bond donors (Lipinski definition) is 6. The van der Waals surface area contributed by atoms with Gasteiger partial charge in [0.15, 0.2) is 5.76 Å². The van der Waals surface area contributed by atoms with Crippen LogP contribution in [-0.2, 0) is 28.8 Å². The fourth-order valence-electron chi connectivity index (χ4n) is 5.95. The van der Waals surface area contributed by atoms with Gasteiger partial charge in [0, 0.05) is 5.56 Å². The monoisotopic (exact) mass is 743 g/mol. The number of furan rings is 1. The van der Waals surface area contributed by atoms with Crippen LogP contribution in [0, 0.1) is 11.8 Å². The lowest BCUT2D eigenvalue weighted by Crippen LogP contribution is -2.49. The number of amides is 4. The maximum absolute atomic E-state index is 13.5. The first kappa shape index (κ1) is 42.0. The molecule has 0 spiro atoms. The summed E-state index contributed by atoms with van der Waals surface area (Å²) in [6, 6.07) is 4.84. The van der Waals surface area contributed by atoms with Crippen LogP contribution < -0.4 is 26.0 Å². The van der Waals surface area contributed by atoms with Crippen molar-refractivity contribution < 1.29 is 57.8 Å². The smallest absolute Gasteiger partial charge is 0.335 e. The van der Waals surface area contributed by atoms with Crippen molar-refractivity contribution >= 4 is 42.0 Å². The van der Waals surface area contributed by atoms with E-state index >= 15 is 0 Å². The Hall–Kier alpha value is -5.45. The van der Waals surface area contributed by atoms with Crippen LogP contribution in [0.5, 0.6) is 5.75 Å². The molecule has 4 amide bonds. The molecule has 1 saturated heterocycles. The zero-order valence-corrected chi connectivity index (χ0v) is 30.2. The first-order valence-electron chi connectivity index (χ1n) is 17.8. The van der Waals surface area contributed by atoms with E-state index in [9.17, 15) is 38.7 Å². The second-order valence-electron chi connectivity index (χ2n) is 12.5. The zero-order valence-electron chi connectivity index (χ0n) is 30.2. The van der Waals surface area contributed by atoms with Crippen molar-refractivity contribution in [2.75, 3.05) is 26.4 Å². The average Bonchev–Trinajstić information content (AvgIpc) is 3.64. The largest absolute Gasteiger partial charge is 0.493 e. The number of aliphatic carboxylic acids is 2. The molecule has 2 aromatic rings. The van der Waals surface area contributed by atoms with Gasteiger partial charge in [-0.25, -0.2) is 9.59 Å². The summed E-state index contributed by atoms with van der Waals surface area (Å²) in [6.07, 6.45) is 4.02. The lowest BCUT2D eigenvalue weighted by Gasteiger charge is -2.33. The van der Waals surface area contributed by atoms with Gasteiger partial charge in [0.05, 0.1) is 43.1 Å². The molecular formula is C36H49N5O12. The molecule has 0 unspecified atom stereocenters. The van der Waals surface area contributed by atoms with Crippen molar-refractivity contribution in [3.63, 3.8) is 0 Å². The van der Waals surface area contributed by atoms with E-state index in [-0.39, 0.29) is 42.0 Å². The number of hydroxylamine groups is 2. The van der Waals surface area contributed by atoms with E-state index in [2.05, 4.69) is 21.3 Å². The molecule has 290 valence electrons. The predicted octanol–water partition coefficient (Wildman–Crippen LogP) is 2.70. The van der Waals surface area contributed by atoms with Crippen molar-refractivity contribution in [2.24, 2.45) is 11.8 Å². The number of carboxylic acids is 2. The predicted molar refractivity (Wildman–Crippen MR) is 188 cm³/mol. The molecule has 1 aliphatic heterocycles. The zero-order chi connectivity index (χ0) is 38.9.